The summed E-state index contributed by atoms with van der Waals surface area (Å²) in [6.45, 7) is -1.35. The molecule has 4 aromatic heterocycles. The molecule has 0 spiro atoms. The van der Waals surface area contributed by atoms with Crippen LogP contribution in [0.3, 0.4) is 0 Å². The molecule has 9 N–H and O–H groups in total. The van der Waals surface area contributed by atoms with Crippen LogP contribution in [0.15, 0.2) is 29.7 Å². The molecule has 0 saturated carbocycles. The summed E-state index contributed by atoms with van der Waals surface area (Å²) in [6, 6.07) is 1.66. The van der Waals surface area contributed by atoms with Crippen LogP contribution in [0.4, 0.5) is 11.8 Å². The molecule has 238 valence electrons. The number of aromatic nitrogens is 7. The maximum Gasteiger partial charge on any atom is 0.472 e. The molecule has 5 unspecified atom stereocenters. The monoisotopic (exact) mass is 659 g/mol. The van der Waals surface area contributed by atoms with Gasteiger partial charge in [0, 0.05) is 12.6 Å². The minimum Gasteiger partial charge on any atom is -0.394 e. The highest BCUT2D eigenvalue weighted by molar-refractivity contribution is 7.47. The molecular weight excluding hydrogens is 632 g/mol. The van der Waals surface area contributed by atoms with Gasteiger partial charge in [-0.05, 0) is 6.07 Å². The zero-order valence-electron chi connectivity index (χ0n) is 22.3. The molecule has 4 aromatic rings. The summed E-state index contributed by atoms with van der Waals surface area (Å²) in [7, 11) is -8.51. The first-order valence-electron chi connectivity index (χ1n) is 12.9. The Morgan fingerprint density at radius 2 is 1.98 bits per heavy atom. The van der Waals surface area contributed by atoms with Crippen molar-refractivity contribution >= 4 is 50.0 Å². The lowest BCUT2D eigenvalue weighted by atomic mass is 10.1. The molecule has 0 radical (unpaired) electrons. The van der Waals surface area contributed by atoms with E-state index in [4.69, 9.17) is 34.5 Å². The van der Waals surface area contributed by atoms with E-state index in [1.54, 1.807) is 16.8 Å². The normalized spacial score (nSPS) is 29.4. The highest BCUT2D eigenvalue weighted by Crippen LogP contribution is 2.50. The van der Waals surface area contributed by atoms with E-state index in [0.717, 1.165) is 10.9 Å². The van der Waals surface area contributed by atoms with Crippen molar-refractivity contribution in [2.45, 2.75) is 49.4 Å². The number of hydrogen-bond donors (Lipinski definition) is 7. The van der Waals surface area contributed by atoms with E-state index in [1.165, 1.54) is 6.33 Å². The number of rotatable bonds is 10. The summed E-state index contributed by atoms with van der Waals surface area (Å²) in [5.74, 6) is -0.0242. The Kier molecular flexibility index (Phi) is 8.28. The molecule has 9 atom stereocenters. The van der Waals surface area contributed by atoms with Crippen molar-refractivity contribution in [1.29, 1.82) is 0 Å². The quantitative estimate of drug-likeness (QED) is 0.0956. The van der Waals surface area contributed by atoms with E-state index in [-0.39, 0.29) is 29.4 Å². The molecule has 6 rings (SSSR count). The van der Waals surface area contributed by atoms with Crippen LogP contribution in [-0.4, -0.2) is 97.8 Å². The minimum atomic E-state index is -5.05. The Morgan fingerprint density at radius 1 is 1.18 bits per heavy atom. The number of hydrogen-bond acceptors (Lipinski definition) is 16. The van der Waals surface area contributed by atoms with E-state index in [0.29, 0.717) is 11.0 Å². The van der Waals surface area contributed by atoms with Crippen molar-refractivity contribution in [3.8, 4) is 0 Å². The Hall–Kier alpha value is -3.33. The van der Waals surface area contributed by atoms with Crippen LogP contribution in [0.25, 0.3) is 22.2 Å². The van der Waals surface area contributed by atoms with Gasteiger partial charge in [-0.15, -0.1) is 0 Å². The number of fused-ring (bicyclic) bond motifs is 2. The van der Waals surface area contributed by atoms with E-state index < -0.39 is 77.8 Å². The minimum absolute atomic E-state index is 0.0354. The van der Waals surface area contributed by atoms with E-state index in [1.807, 2.05) is 0 Å². The Morgan fingerprint density at radius 3 is 2.73 bits per heavy atom. The van der Waals surface area contributed by atoms with Crippen molar-refractivity contribution < 1.29 is 52.2 Å². The van der Waals surface area contributed by atoms with Crippen molar-refractivity contribution in [1.82, 2.24) is 34.1 Å². The first-order chi connectivity index (χ1) is 21.0. The van der Waals surface area contributed by atoms with E-state index in [9.17, 15) is 33.9 Å². The van der Waals surface area contributed by atoms with Gasteiger partial charge in [0.1, 0.15) is 48.4 Å². The maximum atomic E-state index is 13.1. The lowest BCUT2D eigenvalue weighted by molar-refractivity contribution is -0.0578. The maximum absolute atomic E-state index is 13.1. The Bertz CT molecular complexity index is 1820. The standard InChI is InChI=1S/C21H27N9O12P2/c22-16-8-1-2-29(17(8)25-6-24-16)12-3-9(41-43(34)35)11(39-12)5-38-44(36,37)42-15-14(32)10(4-31)40-20(15)30-7-26-13-18(30)27-21(23)28-19(13)33/h1-2,6-7,9-12,14-15,20,31-32,43H,3-5H2,(H,34,35)(H,36,37)(H2,22,24,25)(H3,23,27,28,33)/t9?,10-,11-,12-,14?,15?,20-/m1/s1. The molecule has 23 heteroatoms. The fraction of sp³-hybridized carbons (Fsp3) is 0.476. The predicted octanol–water partition coefficient (Wildman–Crippen LogP) is -1.46. The summed E-state index contributed by atoms with van der Waals surface area (Å²) < 4.78 is 54.6. The van der Waals surface area contributed by atoms with E-state index >= 15 is 0 Å². The lowest BCUT2D eigenvalue weighted by Crippen LogP contribution is -2.35. The number of aliphatic hydroxyl groups is 2. The van der Waals surface area contributed by atoms with Crippen LogP contribution in [0.5, 0.6) is 0 Å². The molecule has 2 aliphatic rings. The van der Waals surface area contributed by atoms with Gasteiger partial charge in [-0.1, -0.05) is 0 Å². The van der Waals surface area contributed by atoms with Gasteiger partial charge in [-0.2, -0.15) is 4.98 Å². The number of H-pyrrole nitrogens is 1. The lowest BCUT2D eigenvalue weighted by Gasteiger charge is -2.25. The highest BCUT2D eigenvalue weighted by Gasteiger charge is 2.50. The first-order valence-corrected chi connectivity index (χ1v) is 15.7. The summed E-state index contributed by atoms with van der Waals surface area (Å²) >= 11 is 0. The number of nitrogens with two attached hydrogens (primary N) is 2. The van der Waals surface area contributed by atoms with Crippen LogP contribution in [0.2, 0.25) is 0 Å². The van der Waals surface area contributed by atoms with E-state index in [2.05, 4.69) is 24.9 Å². The van der Waals surface area contributed by atoms with Crippen LogP contribution < -0.4 is 17.0 Å². The Labute approximate surface area is 245 Å². The number of anilines is 2. The molecule has 0 aliphatic carbocycles. The molecule has 2 fully saturated rings. The third-order valence-corrected chi connectivity index (χ3v) is 8.65. The van der Waals surface area contributed by atoms with Crippen LogP contribution in [-0.2, 0) is 32.2 Å². The third kappa shape index (κ3) is 5.75. The summed E-state index contributed by atoms with van der Waals surface area (Å²) in [4.78, 5) is 50.7. The fourth-order valence-electron chi connectivity index (χ4n) is 5.19. The van der Waals surface area contributed by atoms with Crippen molar-refractivity contribution in [3.05, 3.63) is 35.3 Å². The molecule has 44 heavy (non-hydrogen) atoms. The van der Waals surface area contributed by atoms with Crippen molar-refractivity contribution in [3.63, 3.8) is 0 Å². The smallest absolute Gasteiger partial charge is 0.394 e. The molecule has 6 heterocycles. The predicted molar refractivity (Wildman–Crippen MR) is 147 cm³/mol. The van der Waals surface area contributed by atoms with Gasteiger partial charge in [-0.3, -0.25) is 28.0 Å². The second kappa shape index (κ2) is 11.9. The number of nitrogen functional groups attached to an aromatic ring is 2. The molecule has 2 saturated heterocycles. The average Bonchev–Trinajstić information content (AvgIpc) is 3.73. The highest BCUT2D eigenvalue weighted by atomic mass is 31.2. The number of aromatic amines is 1. The molecule has 0 bridgehead atoms. The number of aliphatic hydroxyl groups excluding tert-OH is 2. The van der Waals surface area contributed by atoms with Crippen molar-refractivity contribution in [2.75, 3.05) is 24.7 Å². The van der Waals surface area contributed by atoms with Gasteiger partial charge in [0.25, 0.3) is 5.56 Å². The topological polar surface area (TPSA) is 308 Å². The summed E-state index contributed by atoms with van der Waals surface area (Å²) in [5, 5.41) is 21.0. The molecule has 0 amide bonds. The van der Waals surface area contributed by atoms with Gasteiger partial charge >= 0.3 is 16.1 Å². The number of ether oxygens (including phenoxy) is 2. The SMILES string of the molecule is Nc1nc2c(ncn2[C@@H]2O[C@H](CO)C(O)C2OP(=O)(O)OC[C@H]2O[C@@H](n3ccc4c(N)ncnc43)CC2O[PH](=O)O)c(=O)[nH]1. The number of nitrogens with one attached hydrogen (secondary N) is 1. The second-order valence-corrected chi connectivity index (χ2v) is 12.0. The summed E-state index contributed by atoms with van der Waals surface area (Å²) in [5.41, 5.74) is 11.1. The molecule has 2 aliphatic heterocycles. The van der Waals surface area contributed by atoms with Gasteiger partial charge in [0.2, 0.25) is 5.95 Å². The largest absolute Gasteiger partial charge is 0.472 e. The molecule has 21 nitrogen and oxygen atoms in total. The van der Waals surface area contributed by atoms with Crippen LogP contribution in [0.1, 0.15) is 18.9 Å². The van der Waals surface area contributed by atoms with Crippen molar-refractivity contribution in [2.24, 2.45) is 0 Å². The molecular formula is C21H27N9O12P2. The number of imidazole rings is 1. The third-order valence-electron chi connectivity index (χ3n) is 7.16. The second-order valence-electron chi connectivity index (χ2n) is 9.85. The zero-order valence-corrected chi connectivity index (χ0v) is 24.2. The number of nitrogens with zero attached hydrogens (tertiary/aromatic N) is 6. The van der Waals surface area contributed by atoms with Gasteiger partial charge in [0.15, 0.2) is 17.4 Å². The van der Waals surface area contributed by atoms with Gasteiger partial charge in [0.05, 0.1) is 31.0 Å². The Balaban J connectivity index is 1.20. The van der Waals surface area contributed by atoms with Crippen LogP contribution >= 0.6 is 16.1 Å². The molecule has 0 aromatic carbocycles. The fourth-order valence-corrected chi connectivity index (χ4v) is 6.62. The number of phosphoric acid groups is 1. The average molecular weight is 659 g/mol. The summed E-state index contributed by atoms with van der Waals surface area (Å²) in [6.07, 6.45) is -4.91. The number of phosphoric ester groups is 1. The first kappa shape index (κ1) is 30.7. The van der Waals surface area contributed by atoms with Gasteiger partial charge < -0.3 is 50.0 Å². The van der Waals surface area contributed by atoms with Gasteiger partial charge in [-0.25, -0.2) is 19.5 Å². The van der Waals surface area contributed by atoms with Crippen LogP contribution in [0, 0.1) is 0 Å². The zero-order chi connectivity index (χ0) is 31.3.